The number of pyridine rings is 1. The second-order valence-electron chi connectivity index (χ2n) is 6.10. The highest BCUT2D eigenvalue weighted by Crippen LogP contribution is 2.23. The molecule has 0 saturated carbocycles. The molecule has 2 aliphatic rings. The fourth-order valence-corrected chi connectivity index (χ4v) is 3.21. The monoisotopic (exact) mass is 288 g/mol. The highest BCUT2D eigenvalue weighted by molar-refractivity contribution is 5.79. The molecule has 0 aliphatic carbocycles. The third-order valence-corrected chi connectivity index (χ3v) is 4.56. The summed E-state index contributed by atoms with van der Waals surface area (Å²) in [5.41, 5.74) is 0. The average Bonchev–Trinajstić information content (AvgIpc) is 2.56. The predicted molar refractivity (Wildman–Crippen MR) is 83.3 cm³/mol. The number of hydrogen-bond donors (Lipinski definition) is 0. The maximum atomic E-state index is 12.7. The van der Waals surface area contributed by atoms with Gasteiger partial charge in [0, 0.05) is 45.5 Å². The van der Waals surface area contributed by atoms with Crippen molar-refractivity contribution < 1.29 is 4.79 Å². The number of carbonyl (C=O) groups excluding carboxylic acids is 1. The van der Waals surface area contributed by atoms with Gasteiger partial charge in [0.15, 0.2) is 0 Å². The quantitative estimate of drug-likeness (QED) is 0.816. The molecular weight excluding hydrogens is 264 g/mol. The SMILES string of the molecule is CN1CCN(C(=O)[C@@H]2CCCN(c3ccccn3)C2)CC1. The number of rotatable bonds is 2. The molecular formula is C16H24N4O. The first-order chi connectivity index (χ1) is 10.2. The zero-order chi connectivity index (χ0) is 14.7. The number of nitrogens with zero attached hydrogens (tertiary/aromatic N) is 4. The van der Waals surface area contributed by atoms with Gasteiger partial charge < -0.3 is 14.7 Å². The lowest BCUT2D eigenvalue weighted by Gasteiger charge is -2.38. The minimum Gasteiger partial charge on any atom is -0.356 e. The van der Waals surface area contributed by atoms with Crippen LogP contribution in [0.2, 0.25) is 0 Å². The first kappa shape index (κ1) is 14.3. The number of hydrogen-bond acceptors (Lipinski definition) is 4. The van der Waals surface area contributed by atoms with E-state index in [4.69, 9.17) is 0 Å². The van der Waals surface area contributed by atoms with Crippen LogP contribution in [0.3, 0.4) is 0 Å². The molecule has 5 nitrogen and oxygen atoms in total. The minimum absolute atomic E-state index is 0.129. The third kappa shape index (κ3) is 3.35. The van der Waals surface area contributed by atoms with Crippen molar-refractivity contribution in [1.29, 1.82) is 0 Å². The van der Waals surface area contributed by atoms with Gasteiger partial charge in [0.2, 0.25) is 5.91 Å². The summed E-state index contributed by atoms with van der Waals surface area (Å²) in [6, 6.07) is 5.97. The molecule has 2 saturated heterocycles. The second-order valence-corrected chi connectivity index (χ2v) is 6.10. The van der Waals surface area contributed by atoms with Crippen LogP contribution in [-0.4, -0.2) is 67.0 Å². The van der Waals surface area contributed by atoms with Gasteiger partial charge in [-0.25, -0.2) is 4.98 Å². The zero-order valence-corrected chi connectivity index (χ0v) is 12.7. The van der Waals surface area contributed by atoms with E-state index < -0.39 is 0 Å². The normalized spacial score (nSPS) is 24.1. The van der Waals surface area contributed by atoms with Crippen molar-refractivity contribution in [3.8, 4) is 0 Å². The number of carbonyl (C=O) groups is 1. The Kier molecular flexibility index (Phi) is 4.39. The molecule has 1 aromatic rings. The van der Waals surface area contributed by atoms with Gasteiger partial charge in [-0.15, -0.1) is 0 Å². The Morgan fingerprint density at radius 3 is 2.71 bits per heavy atom. The van der Waals surface area contributed by atoms with Gasteiger partial charge in [-0.2, -0.15) is 0 Å². The van der Waals surface area contributed by atoms with Gasteiger partial charge in [0.1, 0.15) is 5.82 Å². The van der Waals surface area contributed by atoms with Crippen LogP contribution >= 0.6 is 0 Å². The number of likely N-dealkylation sites (N-methyl/N-ethyl adjacent to an activating group) is 1. The molecule has 0 aromatic carbocycles. The van der Waals surface area contributed by atoms with E-state index in [9.17, 15) is 4.79 Å². The minimum atomic E-state index is 0.129. The molecule has 2 fully saturated rings. The number of piperidine rings is 1. The summed E-state index contributed by atoms with van der Waals surface area (Å²) in [6.07, 6.45) is 3.90. The summed E-state index contributed by atoms with van der Waals surface area (Å²) in [5.74, 6) is 1.46. The average molecular weight is 288 g/mol. The second kappa shape index (κ2) is 6.43. The van der Waals surface area contributed by atoms with E-state index in [2.05, 4.69) is 21.8 Å². The van der Waals surface area contributed by atoms with E-state index in [0.29, 0.717) is 5.91 Å². The Bertz CT molecular complexity index is 470. The highest BCUT2D eigenvalue weighted by atomic mass is 16.2. The van der Waals surface area contributed by atoms with E-state index >= 15 is 0 Å². The molecule has 21 heavy (non-hydrogen) atoms. The van der Waals surface area contributed by atoms with Crippen molar-refractivity contribution in [3.63, 3.8) is 0 Å². The van der Waals surface area contributed by atoms with Gasteiger partial charge in [0.05, 0.1) is 5.92 Å². The maximum Gasteiger partial charge on any atom is 0.227 e. The van der Waals surface area contributed by atoms with Crippen molar-refractivity contribution >= 4 is 11.7 Å². The summed E-state index contributed by atoms with van der Waals surface area (Å²) >= 11 is 0. The number of anilines is 1. The molecule has 114 valence electrons. The van der Waals surface area contributed by atoms with Crippen LogP contribution in [0.5, 0.6) is 0 Å². The molecule has 0 N–H and O–H groups in total. The largest absolute Gasteiger partial charge is 0.356 e. The molecule has 0 unspecified atom stereocenters. The molecule has 1 amide bonds. The van der Waals surface area contributed by atoms with Gasteiger partial charge in [-0.05, 0) is 32.0 Å². The molecule has 0 bridgehead atoms. The Labute approximate surface area is 126 Å². The lowest BCUT2D eigenvalue weighted by atomic mass is 9.96. The summed E-state index contributed by atoms with van der Waals surface area (Å²) in [7, 11) is 2.12. The van der Waals surface area contributed by atoms with Gasteiger partial charge >= 0.3 is 0 Å². The van der Waals surface area contributed by atoms with E-state index in [1.54, 1.807) is 0 Å². The first-order valence-corrected chi connectivity index (χ1v) is 7.87. The molecule has 0 spiro atoms. The number of amides is 1. The van der Waals surface area contributed by atoms with Crippen LogP contribution in [0.4, 0.5) is 5.82 Å². The van der Waals surface area contributed by atoms with Crippen molar-refractivity contribution in [2.24, 2.45) is 5.92 Å². The molecule has 3 heterocycles. The Morgan fingerprint density at radius 2 is 2.00 bits per heavy atom. The lowest BCUT2D eigenvalue weighted by Crippen LogP contribution is -2.51. The van der Waals surface area contributed by atoms with E-state index in [1.165, 1.54) is 0 Å². The summed E-state index contributed by atoms with van der Waals surface area (Å²) in [5, 5.41) is 0. The number of piperazine rings is 1. The third-order valence-electron chi connectivity index (χ3n) is 4.56. The van der Waals surface area contributed by atoms with E-state index in [0.717, 1.165) is 57.9 Å². The maximum absolute atomic E-state index is 12.7. The lowest BCUT2D eigenvalue weighted by molar-refractivity contribution is -0.137. The van der Waals surface area contributed by atoms with Gasteiger partial charge in [-0.3, -0.25) is 4.79 Å². The fourth-order valence-electron chi connectivity index (χ4n) is 3.21. The van der Waals surface area contributed by atoms with Crippen LogP contribution in [0.15, 0.2) is 24.4 Å². The Hall–Kier alpha value is -1.62. The fraction of sp³-hybridized carbons (Fsp3) is 0.625. The highest BCUT2D eigenvalue weighted by Gasteiger charge is 2.30. The first-order valence-electron chi connectivity index (χ1n) is 7.87. The van der Waals surface area contributed by atoms with Crippen LogP contribution in [0.1, 0.15) is 12.8 Å². The predicted octanol–water partition coefficient (Wildman–Crippen LogP) is 1.07. The van der Waals surface area contributed by atoms with E-state index in [-0.39, 0.29) is 5.92 Å². The Morgan fingerprint density at radius 1 is 1.19 bits per heavy atom. The van der Waals surface area contributed by atoms with Gasteiger partial charge in [0.25, 0.3) is 0 Å². The molecule has 1 atom stereocenters. The van der Waals surface area contributed by atoms with Crippen LogP contribution in [-0.2, 0) is 4.79 Å². The molecule has 5 heteroatoms. The summed E-state index contributed by atoms with van der Waals surface area (Å²) in [6.45, 7) is 5.53. The Balaban J connectivity index is 1.62. The van der Waals surface area contributed by atoms with Crippen molar-refractivity contribution in [2.45, 2.75) is 12.8 Å². The summed E-state index contributed by atoms with van der Waals surface area (Å²) < 4.78 is 0. The van der Waals surface area contributed by atoms with Crippen molar-refractivity contribution in [3.05, 3.63) is 24.4 Å². The molecule has 1 aromatic heterocycles. The van der Waals surface area contributed by atoms with E-state index in [1.807, 2.05) is 29.3 Å². The topological polar surface area (TPSA) is 39.7 Å². The van der Waals surface area contributed by atoms with Crippen LogP contribution in [0.25, 0.3) is 0 Å². The number of aromatic nitrogens is 1. The van der Waals surface area contributed by atoms with Crippen LogP contribution < -0.4 is 4.90 Å². The van der Waals surface area contributed by atoms with Crippen molar-refractivity contribution in [1.82, 2.24) is 14.8 Å². The summed E-state index contributed by atoms with van der Waals surface area (Å²) in [4.78, 5) is 23.7. The van der Waals surface area contributed by atoms with Crippen LogP contribution in [0, 0.1) is 5.92 Å². The molecule has 0 radical (unpaired) electrons. The van der Waals surface area contributed by atoms with Gasteiger partial charge in [-0.1, -0.05) is 6.07 Å². The van der Waals surface area contributed by atoms with Crippen molar-refractivity contribution in [2.75, 3.05) is 51.2 Å². The molecule has 3 rings (SSSR count). The standard InChI is InChI=1S/C16H24N4O/c1-18-9-11-19(12-10-18)16(21)14-5-4-8-20(13-14)15-6-2-3-7-17-15/h2-3,6-7,14H,4-5,8-13H2,1H3/t14-/m1/s1. The molecule has 2 aliphatic heterocycles. The zero-order valence-electron chi connectivity index (χ0n) is 12.7. The smallest absolute Gasteiger partial charge is 0.227 e.